The van der Waals surface area contributed by atoms with Crippen molar-refractivity contribution in [3.05, 3.63) is 0 Å². The molecule has 1 amide bonds. The summed E-state index contributed by atoms with van der Waals surface area (Å²) in [6.07, 6.45) is 39.8. The van der Waals surface area contributed by atoms with Crippen LogP contribution in [0.25, 0.3) is 0 Å². The van der Waals surface area contributed by atoms with E-state index in [4.69, 9.17) is 13.8 Å². The van der Waals surface area contributed by atoms with Crippen LogP contribution in [0.3, 0.4) is 0 Å². The molecule has 12 heteroatoms. The SMILES string of the molecule is CCCCCCCCCCCCCCCCCCCC(=O)OCC(O)COP(=O)(O)OCC(NC(=O)CCCCCCCCCCCCCCCCCC)C(=O)O. The second-order valence-corrected chi connectivity index (χ2v) is 17.8. The third-order valence-corrected chi connectivity index (χ3v) is 11.6. The molecule has 0 aromatic carbocycles. The molecule has 0 aromatic heterocycles. The summed E-state index contributed by atoms with van der Waals surface area (Å²) in [6, 6.07) is -1.54. The summed E-state index contributed by atoms with van der Waals surface area (Å²) < 4.78 is 26.9. The zero-order chi connectivity index (χ0) is 42.1. The number of unbranched alkanes of at least 4 members (excludes halogenated alkanes) is 31. The fourth-order valence-electron chi connectivity index (χ4n) is 6.96. The predicted octanol–water partition coefficient (Wildman–Crippen LogP) is 12.3. The highest BCUT2D eigenvalue weighted by atomic mass is 31.2. The first-order chi connectivity index (χ1) is 27.6. The molecule has 0 radical (unpaired) electrons. The first kappa shape index (κ1) is 55.5. The monoisotopic (exact) mass is 834 g/mol. The van der Waals surface area contributed by atoms with Crippen molar-refractivity contribution in [2.75, 3.05) is 19.8 Å². The summed E-state index contributed by atoms with van der Waals surface area (Å²) in [5, 5.41) is 21.9. The van der Waals surface area contributed by atoms with Gasteiger partial charge in [-0.2, -0.15) is 0 Å². The zero-order valence-corrected chi connectivity index (χ0v) is 37.6. The van der Waals surface area contributed by atoms with Crippen molar-refractivity contribution in [3.63, 3.8) is 0 Å². The van der Waals surface area contributed by atoms with Gasteiger partial charge in [0.1, 0.15) is 12.7 Å². The van der Waals surface area contributed by atoms with Crippen molar-refractivity contribution >= 4 is 25.7 Å². The zero-order valence-electron chi connectivity index (χ0n) is 36.7. The number of ether oxygens (including phenoxy) is 1. The predicted molar refractivity (Wildman–Crippen MR) is 231 cm³/mol. The van der Waals surface area contributed by atoms with E-state index in [2.05, 4.69) is 19.2 Å². The minimum atomic E-state index is -4.75. The van der Waals surface area contributed by atoms with Gasteiger partial charge in [0.05, 0.1) is 13.2 Å². The van der Waals surface area contributed by atoms with Gasteiger partial charge in [0.15, 0.2) is 6.04 Å². The molecule has 338 valence electrons. The molecule has 0 bridgehead atoms. The lowest BCUT2D eigenvalue weighted by atomic mass is 10.0. The molecule has 0 aliphatic carbocycles. The topological polar surface area (TPSA) is 169 Å². The highest BCUT2D eigenvalue weighted by Crippen LogP contribution is 2.43. The number of carboxylic acids is 1. The average Bonchev–Trinajstić information content (AvgIpc) is 3.18. The molecule has 11 nitrogen and oxygen atoms in total. The van der Waals surface area contributed by atoms with Crippen molar-refractivity contribution in [1.82, 2.24) is 5.32 Å². The Kier molecular flexibility index (Phi) is 40.1. The summed E-state index contributed by atoms with van der Waals surface area (Å²) in [5.74, 6) is -2.35. The summed E-state index contributed by atoms with van der Waals surface area (Å²) >= 11 is 0. The normalized spacial score (nSPS) is 13.6. The van der Waals surface area contributed by atoms with Gasteiger partial charge in [0.2, 0.25) is 5.91 Å². The highest BCUT2D eigenvalue weighted by Gasteiger charge is 2.28. The summed E-state index contributed by atoms with van der Waals surface area (Å²) in [7, 11) is -4.75. The van der Waals surface area contributed by atoms with E-state index in [1.54, 1.807) is 0 Å². The van der Waals surface area contributed by atoms with Crippen LogP contribution in [0.15, 0.2) is 0 Å². The van der Waals surface area contributed by atoms with Gasteiger partial charge >= 0.3 is 19.8 Å². The van der Waals surface area contributed by atoms with Gasteiger partial charge in [-0.05, 0) is 12.8 Å². The van der Waals surface area contributed by atoms with Crippen molar-refractivity contribution in [2.24, 2.45) is 0 Å². The third-order valence-electron chi connectivity index (χ3n) is 10.6. The number of esters is 1. The number of carbonyl (C=O) groups excluding carboxylic acids is 2. The van der Waals surface area contributed by atoms with Crippen molar-refractivity contribution in [1.29, 1.82) is 0 Å². The number of phosphoric acid groups is 1. The Balaban J connectivity index is 3.83. The van der Waals surface area contributed by atoms with Crippen LogP contribution in [-0.2, 0) is 32.7 Å². The van der Waals surface area contributed by atoms with Crippen LogP contribution in [0.5, 0.6) is 0 Å². The molecule has 0 aromatic rings. The lowest BCUT2D eigenvalue weighted by Gasteiger charge is -2.18. The minimum Gasteiger partial charge on any atom is -0.480 e. The van der Waals surface area contributed by atoms with Gasteiger partial charge in [0, 0.05) is 12.8 Å². The van der Waals surface area contributed by atoms with Crippen LogP contribution < -0.4 is 5.32 Å². The van der Waals surface area contributed by atoms with Crippen molar-refractivity contribution < 1.29 is 47.8 Å². The van der Waals surface area contributed by atoms with E-state index in [1.165, 1.54) is 161 Å². The number of aliphatic hydroxyl groups is 1. The summed E-state index contributed by atoms with van der Waals surface area (Å²) in [5.41, 5.74) is 0. The Labute approximate surface area is 348 Å². The highest BCUT2D eigenvalue weighted by molar-refractivity contribution is 7.47. The largest absolute Gasteiger partial charge is 0.480 e. The maximum Gasteiger partial charge on any atom is 0.472 e. The molecule has 4 N–H and O–H groups in total. The van der Waals surface area contributed by atoms with E-state index in [9.17, 15) is 34.1 Å². The fourth-order valence-corrected chi connectivity index (χ4v) is 7.74. The van der Waals surface area contributed by atoms with E-state index in [-0.39, 0.29) is 12.8 Å². The molecular formula is C45H88NO10P. The van der Waals surface area contributed by atoms with Crippen LogP contribution in [-0.4, -0.2) is 64.9 Å². The maximum atomic E-state index is 12.3. The second kappa shape index (κ2) is 41.2. The van der Waals surface area contributed by atoms with Gasteiger partial charge in [-0.25, -0.2) is 9.36 Å². The Morgan fingerprint density at radius 2 is 0.807 bits per heavy atom. The van der Waals surface area contributed by atoms with Crippen LogP contribution in [0.4, 0.5) is 0 Å². The number of carbonyl (C=O) groups is 3. The van der Waals surface area contributed by atoms with Crippen molar-refractivity contribution in [2.45, 2.75) is 251 Å². The molecule has 3 atom stereocenters. The Bertz CT molecular complexity index is 984. The molecular weight excluding hydrogens is 745 g/mol. The number of hydrogen-bond acceptors (Lipinski definition) is 8. The van der Waals surface area contributed by atoms with Crippen molar-refractivity contribution in [3.8, 4) is 0 Å². The fraction of sp³-hybridized carbons (Fsp3) is 0.933. The quantitative estimate of drug-likeness (QED) is 0.0263. The molecule has 0 saturated carbocycles. The molecule has 0 heterocycles. The lowest BCUT2D eigenvalue weighted by Crippen LogP contribution is -2.43. The Morgan fingerprint density at radius 3 is 1.16 bits per heavy atom. The second-order valence-electron chi connectivity index (χ2n) is 16.3. The average molecular weight is 834 g/mol. The molecule has 0 saturated heterocycles. The molecule has 3 unspecified atom stereocenters. The van der Waals surface area contributed by atoms with Gasteiger partial charge in [-0.3, -0.25) is 18.6 Å². The lowest BCUT2D eigenvalue weighted by molar-refractivity contribution is -0.147. The number of rotatable bonds is 45. The molecule has 0 rings (SSSR count). The van der Waals surface area contributed by atoms with Gasteiger partial charge < -0.3 is 25.2 Å². The number of aliphatic carboxylic acids is 1. The van der Waals surface area contributed by atoms with E-state index in [1.807, 2.05) is 0 Å². The Morgan fingerprint density at radius 1 is 0.491 bits per heavy atom. The maximum absolute atomic E-state index is 12.3. The number of hydrogen-bond donors (Lipinski definition) is 4. The summed E-state index contributed by atoms with van der Waals surface area (Å²) in [6.45, 7) is 2.64. The third kappa shape index (κ3) is 41.0. The van der Waals surface area contributed by atoms with E-state index >= 15 is 0 Å². The number of phosphoric ester groups is 1. The van der Waals surface area contributed by atoms with Gasteiger partial charge in [-0.1, -0.05) is 213 Å². The molecule has 0 aliphatic rings. The van der Waals surface area contributed by atoms with Crippen LogP contribution >= 0.6 is 7.82 Å². The molecule has 0 fully saturated rings. The number of carboxylic acid groups (broad SMARTS) is 1. The number of aliphatic hydroxyl groups excluding tert-OH is 1. The molecule has 0 spiro atoms. The molecule has 0 aliphatic heterocycles. The van der Waals surface area contributed by atoms with E-state index in [0.717, 1.165) is 38.5 Å². The van der Waals surface area contributed by atoms with Crippen LogP contribution in [0, 0.1) is 0 Å². The Hall–Kier alpha value is -1.52. The minimum absolute atomic E-state index is 0.153. The van der Waals surface area contributed by atoms with E-state index < -0.39 is 57.6 Å². The van der Waals surface area contributed by atoms with Gasteiger partial charge in [0.25, 0.3) is 0 Å². The van der Waals surface area contributed by atoms with Crippen LogP contribution in [0.2, 0.25) is 0 Å². The number of nitrogens with one attached hydrogen (secondary N) is 1. The first-order valence-corrected chi connectivity index (χ1v) is 25.1. The standard InChI is InChI=1S/C45H88NO10P/c1-3-5-7-9-11-13-15-17-19-21-23-25-27-29-31-33-35-37-44(49)54-38-41(47)39-55-57(52,53)56-40-42(45(50)51)46-43(48)36-34-32-30-28-26-24-22-20-18-16-14-12-10-8-6-4-2/h41-42,47H,3-40H2,1-2H3,(H,46,48)(H,50,51)(H,52,53). The summed E-state index contributed by atoms with van der Waals surface area (Å²) in [4.78, 5) is 46.0. The van der Waals surface area contributed by atoms with E-state index in [0.29, 0.717) is 12.8 Å². The smallest absolute Gasteiger partial charge is 0.472 e. The van der Waals surface area contributed by atoms with Crippen LogP contribution in [0.1, 0.15) is 239 Å². The molecule has 57 heavy (non-hydrogen) atoms. The van der Waals surface area contributed by atoms with Gasteiger partial charge in [-0.15, -0.1) is 0 Å². The first-order valence-electron chi connectivity index (χ1n) is 23.6. The number of amides is 1.